The molecule has 2 aliphatic rings. The summed E-state index contributed by atoms with van der Waals surface area (Å²) >= 11 is 0. The van der Waals surface area contributed by atoms with Gasteiger partial charge in [0.05, 0.1) is 6.26 Å². The monoisotopic (exact) mass is 344 g/mol. The van der Waals surface area contributed by atoms with Crippen LogP contribution in [0.2, 0.25) is 0 Å². The van der Waals surface area contributed by atoms with Crippen LogP contribution in [0.15, 0.2) is 42.7 Å². The molecule has 2 fully saturated rings. The molecule has 1 amide bonds. The summed E-state index contributed by atoms with van der Waals surface area (Å²) in [5.74, 6) is 0.378. The highest BCUT2D eigenvalue weighted by Gasteiger charge is 2.26. The van der Waals surface area contributed by atoms with Crippen molar-refractivity contribution < 1.29 is 9.90 Å². The molecule has 138 valence electrons. The first kappa shape index (κ1) is 19.5. The Labute approximate surface area is 151 Å². The summed E-state index contributed by atoms with van der Waals surface area (Å²) in [6.45, 7) is 2.64. The molecule has 1 aliphatic heterocycles. The zero-order valence-electron chi connectivity index (χ0n) is 15.1. The van der Waals surface area contributed by atoms with Crippen molar-refractivity contribution in [3.8, 4) is 0 Å². The molecule has 3 N–H and O–H groups in total. The number of likely N-dealkylation sites (tertiary alicyclic amines) is 1. The van der Waals surface area contributed by atoms with Crippen LogP contribution in [-0.4, -0.2) is 29.0 Å². The van der Waals surface area contributed by atoms with E-state index in [1.807, 2.05) is 0 Å². The molecule has 0 spiro atoms. The highest BCUT2D eigenvalue weighted by Crippen LogP contribution is 2.33. The van der Waals surface area contributed by atoms with Crippen molar-refractivity contribution in [2.75, 3.05) is 13.1 Å². The molecule has 4 heteroatoms. The molecule has 1 saturated heterocycles. The molecule has 3 rings (SSSR count). The Morgan fingerprint density at radius 3 is 2.44 bits per heavy atom. The van der Waals surface area contributed by atoms with Gasteiger partial charge in [0, 0.05) is 12.1 Å². The number of amides is 1. The van der Waals surface area contributed by atoms with E-state index in [0.29, 0.717) is 12.3 Å². The number of benzene rings is 1. The Morgan fingerprint density at radius 2 is 1.84 bits per heavy atom. The van der Waals surface area contributed by atoms with E-state index in [-0.39, 0.29) is 0 Å². The van der Waals surface area contributed by atoms with Gasteiger partial charge in [0.1, 0.15) is 0 Å². The van der Waals surface area contributed by atoms with Crippen molar-refractivity contribution in [1.29, 1.82) is 0 Å². The summed E-state index contributed by atoms with van der Waals surface area (Å²) in [4.78, 5) is 12.3. The standard InChI is InChI=1S/C18H27N.C3H5NO2/c1-3-8-16(9-4-1)13-15-19-14-7-12-18(19)17-10-5-2-6-11-17;4-3(6)1-2-5/h2,5-6,10-11,16,18H,1,3-4,7-9,12-15H2;1-2,5H,(H2,4,6)/b;2-1+. The Bertz CT molecular complexity index is 524. The van der Waals surface area contributed by atoms with Gasteiger partial charge in [-0.05, 0) is 43.8 Å². The maximum Gasteiger partial charge on any atom is 0.244 e. The second-order valence-corrected chi connectivity index (χ2v) is 7.12. The summed E-state index contributed by atoms with van der Waals surface area (Å²) in [7, 11) is 0. The van der Waals surface area contributed by atoms with Crippen LogP contribution in [0, 0.1) is 5.92 Å². The van der Waals surface area contributed by atoms with Gasteiger partial charge in [-0.3, -0.25) is 9.69 Å². The summed E-state index contributed by atoms with van der Waals surface area (Å²) in [6, 6.07) is 11.8. The molecule has 1 saturated carbocycles. The Morgan fingerprint density at radius 1 is 1.12 bits per heavy atom. The van der Waals surface area contributed by atoms with E-state index in [1.54, 1.807) is 0 Å². The van der Waals surface area contributed by atoms with Crippen molar-refractivity contribution in [3.63, 3.8) is 0 Å². The predicted molar refractivity (Wildman–Crippen MR) is 102 cm³/mol. The Hall–Kier alpha value is -1.81. The number of hydrogen-bond acceptors (Lipinski definition) is 3. The lowest BCUT2D eigenvalue weighted by Gasteiger charge is -2.28. The van der Waals surface area contributed by atoms with E-state index in [4.69, 9.17) is 5.11 Å². The van der Waals surface area contributed by atoms with Crippen LogP contribution in [0.1, 0.15) is 63.0 Å². The van der Waals surface area contributed by atoms with E-state index in [0.717, 1.165) is 12.0 Å². The van der Waals surface area contributed by atoms with E-state index in [9.17, 15) is 4.79 Å². The van der Waals surface area contributed by atoms with Gasteiger partial charge in [-0.25, -0.2) is 0 Å². The quantitative estimate of drug-likeness (QED) is 0.617. The van der Waals surface area contributed by atoms with E-state index >= 15 is 0 Å². The molecule has 4 nitrogen and oxygen atoms in total. The van der Waals surface area contributed by atoms with E-state index < -0.39 is 5.91 Å². The summed E-state index contributed by atoms with van der Waals surface area (Å²) in [6.07, 6.45) is 13.0. The summed E-state index contributed by atoms with van der Waals surface area (Å²) in [5.41, 5.74) is 6.05. The fourth-order valence-corrected chi connectivity index (χ4v) is 4.04. The van der Waals surface area contributed by atoms with E-state index in [1.165, 1.54) is 70.0 Å². The van der Waals surface area contributed by atoms with E-state index in [2.05, 4.69) is 41.0 Å². The molecule has 1 atom stereocenters. The minimum absolute atomic E-state index is 0.600. The van der Waals surface area contributed by atoms with Crippen LogP contribution in [0.3, 0.4) is 0 Å². The molecule has 1 heterocycles. The first-order valence-corrected chi connectivity index (χ1v) is 9.60. The number of aliphatic hydroxyl groups excluding tert-OH is 1. The summed E-state index contributed by atoms with van der Waals surface area (Å²) in [5, 5.41) is 7.76. The van der Waals surface area contributed by atoms with Crippen molar-refractivity contribution in [2.24, 2.45) is 11.7 Å². The van der Waals surface area contributed by atoms with Gasteiger partial charge in [0.15, 0.2) is 0 Å². The highest BCUT2D eigenvalue weighted by atomic mass is 16.2. The lowest BCUT2D eigenvalue weighted by Crippen LogP contribution is -2.26. The van der Waals surface area contributed by atoms with Crippen molar-refractivity contribution in [2.45, 2.75) is 57.4 Å². The summed E-state index contributed by atoms with van der Waals surface area (Å²) < 4.78 is 0. The largest absolute Gasteiger partial charge is 0.515 e. The zero-order valence-corrected chi connectivity index (χ0v) is 15.1. The number of nitrogens with zero attached hydrogens (tertiary/aromatic N) is 1. The minimum Gasteiger partial charge on any atom is -0.515 e. The van der Waals surface area contributed by atoms with Gasteiger partial charge in [-0.1, -0.05) is 62.4 Å². The van der Waals surface area contributed by atoms with Crippen molar-refractivity contribution in [3.05, 3.63) is 48.2 Å². The molecule has 1 aromatic carbocycles. The van der Waals surface area contributed by atoms with Gasteiger partial charge in [0.2, 0.25) is 5.91 Å². The topological polar surface area (TPSA) is 66.6 Å². The second-order valence-electron chi connectivity index (χ2n) is 7.12. The van der Waals surface area contributed by atoms with Gasteiger partial charge in [-0.15, -0.1) is 0 Å². The average Bonchev–Trinajstić information content (AvgIpc) is 3.11. The molecular formula is C21H32N2O2. The van der Waals surface area contributed by atoms with Gasteiger partial charge >= 0.3 is 0 Å². The fourth-order valence-electron chi connectivity index (χ4n) is 4.04. The normalized spacial score (nSPS) is 21.8. The maximum absolute atomic E-state index is 9.57. The minimum atomic E-state index is -0.641. The maximum atomic E-state index is 9.57. The van der Waals surface area contributed by atoms with Crippen LogP contribution in [0.25, 0.3) is 0 Å². The Balaban J connectivity index is 0.000000326. The van der Waals surface area contributed by atoms with Gasteiger partial charge in [-0.2, -0.15) is 0 Å². The number of rotatable bonds is 5. The fraction of sp³-hybridized carbons (Fsp3) is 0.571. The number of aliphatic hydroxyl groups is 1. The first-order valence-electron chi connectivity index (χ1n) is 9.60. The second kappa shape index (κ2) is 10.9. The highest BCUT2D eigenvalue weighted by molar-refractivity contribution is 5.85. The molecule has 25 heavy (non-hydrogen) atoms. The predicted octanol–water partition coefficient (Wildman–Crippen LogP) is 4.34. The van der Waals surface area contributed by atoms with Gasteiger partial charge in [0.25, 0.3) is 0 Å². The lowest BCUT2D eigenvalue weighted by molar-refractivity contribution is -0.113. The third-order valence-corrected chi connectivity index (χ3v) is 5.34. The molecule has 1 aliphatic carbocycles. The zero-order chi connectivity index (χ0) is 17.9. The smallest absolute Gasteiger partial charge is 0.244 e. The molecular weight excluding hydrogens is 312 g/mol. The lowest BCUT2D eigenvalue weighted by atomic mass is 9.87. The number of carbonyl (C=O) groups excluding carboxylic acids is 1. The van der Waals surface area contributed by atoms with Crippen LogP contribution < -0.4 is 5.73 Å². The molecule has 1 aromatic rings. The third kappa shape index (κ3) is 6.91. The number of nitrogens with two attached hydrogens (primary N) is 1. The molecule has 0 bridgehead atoms. The van der Waals surface area contributed by atoms with Crippen LogP contribution in [0.5, 0.6) is 0 Å². The van der Waals surface area contributed by atoms with Crippen LogP contribution in [-0.2, 0) is 4.79 Å². The van der Waals surface area contributed by atoms with Crippen LogP contribution in [0.4, 0.5) is 0 Å². The number of carbonyl (C=O) groups is 1. The van der Waals surface area contributed by atoms with Crippen LogP contribution >= 0.6 is 0 Å². The van der Waals surface area contributed by atoms with Gasteiger partial charge < -0.3 is 10.8 Å². The number of hydrogen-bond donors (Lipinski definition) is 2. The molecule has 1 unspecified atom stereocenters. The first-order chi connectivity index (χ1) is 12.2. The SMILES string of the molecule is NC(=O)/C=C/O.c1ccc(C2CCCN2CCC2CCCCC2)cc1. The van der Waals surface area contributed by atoms with Crippen molar-refractivity contribution >= 4 is 5.91 Å². The molecule has 0 aromatic heterocycles. The average molecular weight is 344 g/mol. The third-order valence-electron chi connectivity index (χ3n) is 5.34. The van der Waals surface area contributed by atoms with Crippen molar-refractivity contribution in [1.82, 2.24) is 4.90 Å². The number of primary amides is 1. The Kier molecular flexibility index (Phi) is 8.53. The molecule has 0 radical (unpaired) electrons.